The fourth-order valence-electron chi connectivity index (χ4n) is 5.26. The molecule has 1 aliphatic carbocycles. The first-order valence-electron chi connectivity index (χ1n) is 13.6. The van der Waals surface area contributed by atoms with Gasteiger partial charge in [0.25, 0.3) is 5.91 Å². The van der Waals surface area contributed by atoms with Crippen LogP contribution in [0.25, 0.3) is 11.3 Å². The van der Waals surface area contributed by atoms with E-state index in [2.05, 4.69) is 22.2 Å². The number of nitrogens with zero attached hydrogens (tertiary/aromatic N) is 2. The number of aromatic amines is 1. The number of nitrogens with one attached hydrogen (secondary N) is 2. The molecule has 3 atom stereocenters. The molecule has 39 heavy (non-hydrogen) atoms. The maximum atomic E-state index is 13.6. The Morgan fingerprint density at radius 1 is 1.21 bits per heavy atom. The van der Waals surface area contributed by atoms with Crippen molar-refractivity contribution in [1.82, 2.24) is 20.3 Å². The van der Waals surface area contributed by atoms with E-state index >= 15 is 0 Å². The van der Waals surface area contributed by atoms with Crippen molar-refractivity contribution < 1.29 is 28.5 Å². The van der Waals surface area contributed by atoms with Crippen LogP contribution in [-0.4, -0.2) is 64.1 Å². The molecule has 208 valence electrons. The van der Waals surface area contributed by atoms with Crippen LogP contribution in [0, 0.1) is 12.8 Å². The molecular formula is C28H38BN4O6+. The number of alkyl carbamates (subject to hydrolysis) is 1. The quantitative estimate of drug-likeness (QED) is 0.427. The molecule has 0 bridgehead atoms. The monoisotopic (exact) mass is 537 g/mol. The van der Waals surface area contributed by atoms with Crippen LogP contribution in [0.2, 0.25) is 0 Å². The normalized spacial score (nSPS) is 26.1. The van der Waals surface area contributed by atoms with Crippen LogP contribution in [0.15, 0.2) is 30.5 Å². The molecule has 3 fully saturated rings. The minimum absolute atomic E-state index is 0.163. The van der Waals surface area contributed by atoms with Crippen molar-refractivity contribution in [2.45, 2.75) is 89.2 Å². The van der Waals surface area contributed by atoms with E-state index in [1.807, 2.05) is 58.9 Å². The van der Waals surface area contributed by atoms with Crippen LogP contribution in [0.5, 0.6) is 0 Å². The highest BCUT2D eigenvalue weighted by molar-refractivity contribution is 6.62. The molecule has 1 spiro atoms. The predicted molar refractivity (Wildman–Crippen MR) is 145 cm³/mol. The maximum Gasteiger partial charge on any atom is 0.497 e. The minimum Gasteiger partial charge on any atom is -0.453 e. The van der Waals surface area contributed by atoms with Crippen molar-refractivity contribution >= 4 is 24.6 Å². The van der Waals surface area contributed by atoms with Gasteiger partial charge in [0.15, 0.2) is 0 Å². The molecule has 2 N–H and O–H groups in total. The molecule has 3 aliphatic rings. The first-order chi connectivity index (χ1) is 18.3. The highest BCUT2D eigenvalue weighted by Crippen LogP contribution is 2.50. The van der Waals surface area contributed by atoms with Crippen LogP contribution in [0.1, 0.15) is 72.2 Å². The molecule has 2 aliphatic heterocycles. The second-order valence-corrected chi connectivity index (χ2v) is 12.0. The zero-order valence-electron chi connectivity index (χ0n) is 23.6. The van der Waals surface area contributed by atoms with Gasteiger partial charge in [0, 0.05) is 13.3 Å². The highest BCUT2D eigenvalue weighted by atomic mass is 16.7. The summed E-state index contributed by atoms with van der Waals surface area (Å²) in [4.78, 5) is 39.9. The summed E-state index contributed by atoms with van der Waals surface area (Å²) in [5.74, 6) is 0.163. The average Bonchev–Trinajstić information content (AvgIpc) is 3.56. The van der Waals surface area contributed by atoms with E-state index in [-0.39, 0.29) is 17.4 Å². The Hall–Kier alpha value is -3.02. The summed E-state index contributed by atoms with van der Waals surface area (Å²) in [6.45, 7) is 13.8. The molecule has 5 rings (SSSR count). The summed E-state index contributed by atoms with van der Waals surface area (Å²) in [6.07, 6.45) is 4.57. The van der Waals surface area contributed by atoms with Crippen LogP contribution in [0.4, 0.5) is 4.79 Å². The third-order valence-electron chi connectivity index (χ3n) is 8.46. The maximum absolute atomic E-state index is 13.6. The molecule has 2 amide bonds. The molecule has 3 heterocycles. The Kier molecular flexibility index (Phi) is 6.97. The van der Waals surface area contributed by atoms with Gasteiger partial charge in [-0.05, 0) is 50.1 Å². The third-order valence-corrected chi connectivity index (χ3v) is 8.46. The fourth-order valence-corrected chi connectivity index (χ4v) is 5.26. The lowest BCUT2D eigenvalue weighted by molar-refractivity contribution is -0.230. The van der Waals surface area contributed by atoms with Crippen molar-refractivity contribution in [3.05, 3.63) is 43.2 Å². The Bertz CT molecular complexity index is 1210. The van der Waals surface area contributed by atoms with E-state index in [0.29, 0.717) is 12.2 Å². The van der Waals surface area contributed by atoms with Gasteiger partial charge in [-0.3, -0.25) is 9.63 Å². The molecule has 2 saturated heterocycles. The van der Waals surface area contributed by atoms with E-state index in [1.54, 1.807) is 6.20 Å². The molecular weight excluding hydrogens is 499 g/mol. The van der Waals surface area contributed by atoms with Crippen LogP contribution >= 0.6 is 0 Å². The summed E-state index contributed by atoms with van der Waals surface area (Å²) in [7, 11) is 0.786. The summed E-state index contributed by atoms with van der Waals surface area (Å²) < 4.78 is 16.9. The number of methoxy groups -OCH3 is 1. The number of carbonyl (C=O) groups excluding carboxylic acids is 2. The standard InChI is InChI=1S/C28H37BN4O6/c1-17(2)22(32-25(35)36-7)24(34)33-21(15-28(39-33)13-8-14-28)23-30-16-20(31-23)18-9-11-19(12-10-18)29-37-26(3,4)27(5,6)38-29/h9-12,16-17,21-22H,3,8,13-15H2,1-2,4-7H3,(H-,30,31,32,35)/p+1/t21-,22-,26?/m0/s1. The number of aromatic nitrogens is 2. The van der Waals surface area contributed by atoms with E-state index in [0.717, 1.165) is 36.0 Å². The Labute approximate surface area is 230 Å². The Morgan fingerprint density at radius 3 is 2.44 bits per heavy atom. The van der Waals surface area contributed by atoms with Crippen molar-refractivity contribution in [3.8, 4) is 11.3 Å². The Balaban J connectivity index is 1.36. The van der Waals surface area contributed by atoms with Crippen molar-refractivity contribution in [2.75, 3.05) is 7.11 Å². The van der Waals surface area contributed by atoms with Crippen molar-refractivity contribution in [1.29, 1.82) is 0 Å². The summed E-state index contributed by atoms with van der Waals surface area (Å²) >= 11 is 0. The topological polar surface area (TPSA) is 115 Å². The number of hydrogen-bond donors (Lipinski definition) is 2. The van der Waals surface area contributed by atoms with Gasteiger partial charge >= 0.3 is 13.2 Å². The molecule has 0 radical (unpaired) electrons. The molecule has 11 heteroatoms. The van der Waals surface area contributed by atoms with Gasteiger partial charge < -0.3 is 24.3 Å². The lowest BCUT2D eigenvalue weighted by Gasteiger charge is -2.37. The van der Waals surface area contributed by atoms with Gasteiger partial charge in [-0.25, -0.2) is 14.8 Å². The number of H-pyrrole nitrogens is 1. The number of imidazole rings is 1. The number of benzene rings is 1. The number of ether oxygens (including phenoxy) is 1. The lowest BCUT2D eigenvalue weighted by Crippen LogP contribution is -2.51. The number of hydrogen-bond acceptors (Lipinski definition) is 7. The summed E-state index contributed by atoms with van der Waals surface area (Å²) in [6, 6.07) is 6.73. The van der Waals surface area contributed by atoms with Crippen LogP contribution in [-0.2, 0) is 23.7 Å². The first-order valence-corrected chi connectivity index (χ1v) is 13.6. The molecule has 1 aromatic carbocycles. The van der Waals surface area contributed by atoms with E-state index in [1.165, 1.54) is 12.2 Å². The number of amides is 2. The SMILES string of the molecule is [CH2+]C1(C)OB(c2ccc(-c3cnc([C@@H]4CC5(CCC5)ON4C(=O)[C@@H](NC(=O)OC)C(C)C)[nH]3)cc2)OC1(C)C. The number of carbonyl (C=O) groups is 2. The van der Waals surface area contributed by atoms with Gasteiger partial charge in [0.2, 0.25) is 5.60 Å². The molecule has 1 saturated carbocycles. The third kappa shape index (κ3) is 5.03. The smallest absolute Gasteiger partial charge is 0.453 e. The number of rotatable bonds is 6. The average molecular weight is 537 g/mol. The molecule has 10 nitrogen and oxygen atoms in total. The van der Waals surface area contributed by atoms with Gasteiger partial charge in [0.1, 0.15) is 23.5 Å². The fraction of sp³-hybridized carbons (Fsp3) is 0.571. The zero-order valence-corrected chi connectivity index (χ0v) is 23.6. The highest BCUT2D eigenvalue weighted by Gasteiger charge is 2.57. The van der Waals surface area contributed by atoms with Crippen molar-refractivity contribution in [3.63, 3.8) is 0 Å². The second-order valence-electron chi connectivity index (χ2n) is 12.0. The predicted octanol–water partition coefficient (Wildman–Crippen LogP) is 3.70. The van der Waals surface area contributed by atoms with Crippen molar-refractivity contribution in [2.24, 2.45) is 5.92 Å². The van der Waals surface area contributed by atoms with Gasteiger partial charge in [-0.2, -0.15) is 0 Å². The number of hydroxylamine groups is 2. The van der Waals surface area contributed by atoms with Gasteiger partial charge in [-0.15, -0.1) is 0 Å². The minimum atomic E-state index is -0.790. The first kappa shape index (κ1) is 27.5. The lowest BCUT2D eigenvalue weighted by atomic mass is 9.77. The van der Waals surface area contributed by atoms with Crippen LogP contribution in [0.3, 0.4) is 0 Å². The molecule has 1 aromatic heterocycles. The zero-order chi connectivity index (χ0) is 28.2. The molecule has 2 aromatic rings. The van der Waals surface area contributed by atoms with Gasteiger partial charge in [-0.1, -0.05) is 38.1 Å². The van der Waals surface area contributed by atoms with E-state index in [9.17, 15) is 9.59 Å². The van der Waals surface area contributed by atoms with E-state index < -0.39 is 36.5 Å². The largest absolute Gasteiger partial charge is 0.497 e. The van der Waals surface area contributed by atoms with Crippen LogP contribution < -0.4 is 10.8 Å². The second kappa shape index (κ2) is 9.87. The van der Waals surface area contributed by atoms with E-state index in [4.69, 9.17) is 18.9 Å². The van der Waals surface area contributed by atoms with Gasteiger partial charge in [0.05, 0.1) is 31.5 Å². The summed E-state index contributed by atoms with van der Waals surface area (Å²) in [5, 5.41) is 4.07. The summed E-state index contributed by atoms with van der Waals surface area (Å²) in [5.41, 5.74) is 1.13. The Morgan fingerprint density at radius 2 is 1.90 bits per heavy atom. The molecule has 1 unspecified atom stereocenters.